The van der Waals surface area contributed by atoms with Gasteiger partial charge < -0.3 is 10.4 Å². The topological polar surface area (TPSA) is 92.2 Å². The maximum Gasteiger partial charge on any atom is 0.328 e. The Hall–Kier alpha value is -2.54. The van der Waals surface area contributed by atoms with Crippen molar-refractivity contribution in [3.8, 4) is 0 Å². The van der Waals surface area contributed by atoms with E-state index in [0.29, 0.717) is 28.2 Å². The van der Waals surface area contributed by atoms with Crippen LogP contribution in [-0.4, -0.2) is 26.6 Å². The molecule has 7 heteroatoms. The van der Waals surface area contributed by atoms with Crippen LogP contribution in [0.25, 0.3) is 6.08 Å². The molecular formula is C14H13N3O3S. The number of amides is 1. The molecule has 1 aromatic carbocycles. The van der Waals surface area contributed by atoms with Gasteiger partial charge in [-0.25, -0.2) is 4.79 Å². The fourth-order valence-corrected chi connectivity index (χ4v) is 2.33. The molecule has 6 nitrogen and oxygen atoms in total. The van der Waals surface area contributed by atoms with E-state index in [1.807, 2.05) is 6.92 Å². The first-order valence-corrected chi connectivity index (χ1v) is 7.01. The van der Waals surface area contributed by atoms with E-state index in [4.69, 9.17) is 5.11 Å². The third-order valence-corrected chi connectivity index (χ3v) is 3.43. The molecule has 0 bridgehead atoms. The first-order chi connectivity index (χ1) is 10.1. The van der Waals surface area contributed by atoms with Crippen molar-refractivity contribution >= 4 is 35.2 Å². The number of nitrogens with zero attached hydrogens (tertiary/aromatic N) is 2. The highest BCUT2D eigenvalue weighted by Gasteiger charge is 2.14. The van der Waals surface area contributed by atoms with Gasteiger partial charge in [-0.1, -0.05) is 23.5 Å². The van der Waals surface area contributed by atoms with Crippen LogP contribution in [0.3, 0.4) is 0 Å². The van der Waals surface area contributed by atoms with Crippen molar-refractivity contribution in [2.75, 3.05) is 5.32 Å². The minimum atomic E-state index is -1.02. The number of aliphatic carboxylic acids is 1. The zero-order valence-electron chi connectivity index (χ0n) is 11.2. The fourth-order valence-electron chi connectivity index (χ4n) is 1.69. The molecule has 0 saturated carbocycles. The smallest absolute Gasteiger partial charge is 0.328 e. The van der Waals surface area contributed by atoms with E-state index in [9.17, 15) is 9.59 Å². The number of hydrogen-bond acceptors (Lipinski definition) is 5. The summed E-state index contributed by atoms with van der Waals surface area (Å²) in [5, 5.41) is 15.3. The van der Waals surface area contributed by atoms with Crippen molar-refractivity contribution in [3.63, 3.8) is 0 Å². The number of aryl methyl sites for hydroxylation is 1. The lowest BCUT2D eigenvalue weighted by Gasteiger charge is -2.05. The van der Waals surface area contributed by atoms with Crippen molar-refractivity contribution in [3.05, 3.63) is 46.5 Å². The van der Waals surface area contributed by atoms with Crippen molar-refractivity contribution in [1.82, 2.24) is 9.59 Å². The van der Waals surface area contributed by atoms with Gasteiger partial charge in [-0.15, -0.1) is 5.10 Å². The molecule has 0 unspecified atom stereocenters. The van der Waals surface area contributed by atoms with Crippen LogP contribution in [0, 0.1) is 0 Å². The van der Waals surface area contributed by atoms with Gasteiger partial charge in [-0.2, -0.15) is 0 Å². The summed E-state index contributed by atoms with van der Waals surface area (Å²) in [5.41, 5.74) is 1.94. The highest BCUT2D eigenvalue weighted by Crippen LogP contribution is 2.16. The molecule has 1 heterocycles. The van der Waals surface area contributed by atoms with Gasteiger partial charge in [0.1, 0.15) is 4.88 Å². The minimum absolute atomic E-state index is 0.263. The largest absolute Gasteiger partial charge is 0.478 e. The molecule has 1 amide bonds. The summed E-state index contributed by atoms with van der Waals surface area (Å²) in [6, 6.07) is 6.91. The average Bonchev–Trinajstić information content (AvgIpc) is 2.94. The number of nitrogens with one attached hydrogen (secondary N) is 1. The number of rotatable bonds is 5. The van der Waals surface area contributed by atoms with Crippen LogP contribution in [0.4, 0.5) is 5.69 Å². The number of carbonyl (C=O) groups is 2. The number of hydrogen-bond donors (Lipinski definition) is 2. The van der Waals surface area contributed by atoms with E-state index < -0.39 is 5.97 Å². The predicted molar refractivity (Wildman–Crippen MR) is 80.4 cm³/mol. The molecule has 0 saturated heterocycles. The molecule has 0 atom stereocenters. The lowest BCUT2D eigenvalue weighted by atomic mass is 10.2. The number of benzene rings is 1. The molecule has 1 aromatic heterocycles. The van der Waals surface area contributed by atoms with Gasteiger partial charge >= 0.3 is 5.97 Å². The molecule has 0 aliphatic carbocycles. The van der Waals surface area contributed by atoms with Crippen LogP contribution in [-0.2, 0) is 11.2 Å². The van der Waals surface area contributed by atoms with Crippen molar-refractivity contribution < 1.29 is 14.7 Å². The first-order valence-electron chi connectivity index (χ1n) is 6.23. The Morgan fingerprint density at radius 1 is 1.43 bits per heavy atom. The van der Waals surface area contributed by atoms with Crippen molar-refractivity contribution in [1.29, 1.82) is 0 Å². The standard InChI is InChI=1S/C14H13N3O3S/c1-2-11-13(21-17-16-11)14(20)15-10-5-3-4-9(8-10)6-7-12(18)19/h3-8H,2H2,1H3,(H,15,20)(H,18,19). The lowest BCUT2D eigenvalue weighted by molar-refractivity contribution is -0.131. The molecule has 0 aliphatic rings. The second kappa shape index (κ2) is 6.76. The maximum atomic E-state index is 12.1. The van der Waals surface area contributed by atoms with E-state index in [1.165, 1.54) is 6.08 Å². The van der Waals surface area contributed by atoms with Crippen molar-refractivity contribution in [2.24, 2.45) is 0 Å². The van der Waals surface area contributed by atoms with E-state index in [2.05, 4.69) is 14.9 Å². The van der Waals surface area contributed by atoms with Gasteiger partial charge in [0.15, 0.2) is 0 Å². The quantitative estimate of drug-likeness (QED) is 0.828. The Bertz CT molecular complexity index is 694. The summed E-state index contributed by atoms with van der Waals surface area (Å²) in [6.45, 7) is 1.91. The van der Waals surface area contributed by atoms with Crippen LogP contribution in [0.2, 0.25) is 0 Å². The van der Waals surface area contributed by atoms with Crippen molar-refractivity contribution in [2.45, 2.75) is 13.3 Å². The average molecular weight is 303 g/mol. The Labute approximate surface area is 125 Å². The molecule has 2 rings (SSSR count). The van der Waals surface area contributed by atoms with E-state index in [0.717, 1.165) is 17.6 Å². The number of carboxylic acids is 1. The number of anilines is 1. The lowest BCUT2D eigenvalue weighted by Crippen LogP contribution is -2.12. The van der Waals surface area contributed by atoms with Crippen LogP contribution < -0.4 is 5.32 Å². The highest BCUT2D eigenvalue weighted by atomic mass is 32.1. The zero-order valence-corrected chi connectivity index (χ0v) is 12.1. The van der Waals surface area contributed by atoms with E-state index >= 15 is 0 Å². The Balaban J connectivity index is 2.14. The number of carbonyl (C=O) groups excluding carboxylic acids is 1. The molecule has 0 spiro atoms. The second-order valence-corrected chi connectivity index (χ2v) is 4.91. The fraction of sp³-hybridized carbons (Fsp3) is 0.143. The first kappa shape index (κ1) is 14.9. The third-order valence-electron chi connectivity index (χ3n) is 2.66. The van der Waals surface area contributed by atoms with Gasteiger partial charge in [0.25, 0.3) is 5.91 Å². The monoisotopic (exact) mass is 303 g/mol. The van der Waals surface area contributed by atoms with Crippen LogP contribution in [0.1, 0.15) is 27.9 Å². The molecule has 21 heavy (non-hydrogen) atoms. The van der Waals surface area contributed by atoms with Gasteiger partial charge in [0.05, 0.1) is 5.69 Å². The summed E-state index contributed by atoms with van der Waals surface area (Å²) < 4.78 is 3.78. The molecule has 0 aliphatic heterocycles. The van der Waals surface area contributed by atoms with Gasteiger partial charge in [-0.05, 0) is 41.7 Å². The number of carboxylic acid groups (broad SMARTS) is 1. The summed E-state index contributed by atoms with van der Waals surface area (Å²) in [5.74, 6) is -1.28. The maximum absolute atomic E-state index is 12.1. The molecule has 2 aromatic rings. The molecular weight excluding hydrogens is 290 g/mol. The normalized spacial score (nSPS) is 10.7. The summed E-state index contributed by atoms with van der Waals surface area (Å²) in [4.78, 5) is 23.1. The molecule has 2 N–H and O–H groups in total. The number of aromatic nitrogens is 2. The zero-order chi connectivity index (χ0) is 15.2. The van der Waals surface area contributed by atoms with E-state index in [1.54, 1.807) is 24.3 Å². The molecule has 108 valence electrons. The highest BCUT2D eigenvalue weighted by molar-refractivity contribution is 7.08. The Morgan fingerprint density at radius 3 is 2.95 bits per heavy atom. The minimum Gasteiger partial charge on any atom is -0.478 e. The molecule has 0 fully saturated rings. The summed E-state index contributed by atoms with van der Waals surface area (Å²) >= 11 is 1.05. The molecule has 0 radical (unpaired) electrons. The third kappa shape index (κ3) is 3.96. The van der Waals surface area contributed by atoms with E-state index in [-0.39, 0.29) is 5.91 Å². The van der Waals surface area contributed by atoms with Gasteiger partial charge in [0, 0.05) is 11.8 Å². The Kier molecular flexibility index (Phi) is 4.78. The Morgan fingerprint density at radius 2 is 2.24 bits per heavy atom. The SMILES string of the molecule is CCc1nnsc1C(=O)Nc1cccc(C=CC(=O)O)c1. The second-order valence-electron chi connectivity index (χ2n) is 4.15. The summed E-state index contributed by atoms with van der Waals surface area (Å²) in [7, 11) is 0. The predicted octanol–water partition coefficient (Wildman–Crippen LogP) is 2.45. The summed E-state index contributed by atoms with van der Waals surface area (Å²) in [6.07, 6.45) is 3.15. The van der Waals surface area contributed by atoms with Crippen LogP contribution in [0.15, 0.2) is 30.3 Å². The van der Waals surface area contributed by atoms with Crippen LogP contribution in [0.5, 0.6) is 0 Å². The van der Waals surface area contributed by atoms with Gasteiger partial charge in [-0.3, -0.25) is 4.79 Å². The van der Waals surface area contributed by atoms with Crippen LogP contribution >= 0.6 is 11.5 Å². The van der Waals surface area contributed by atoms with Gasteiger partial charge in [0.2, 0.25) is 0 Å².